The Balaban J connectivity index is 1.68. The molecule has 0 unspecified atom stereocenters. The second kappa shape index (κ2) is 8.03. The summed E-state index contributed by atoms with van der Waals surface area (Å²) in [6.45, 7) is 0.690. The van der Waals surface area contributed by atoms with Crippen LogP contribution in [0.15, 0.2) is 27.1 Å². The van der Waals surface area contributed by atoms with Crippen LogP contribution in [0.4, 0.5) is 0 Å². The van der Waals surface area contributed by atoms with E-state index in [1.165, 1.54) is 6.42 Å². The van der Waals surface area contributed by atoms with Gasteiger partial charge in [-0.25, -0.2) is 0 Å². The van der Waals surface area contributed by atoms with Crippen molar-refractivity contribution in [2.24, 2.45) is 5.92 Å². The molecular formula is C15H18Br2O3. The lowest BCUT2D eigenvalue weighted by molar-refractivity contribution is -0.150. The topological polar surface area (TPSA) is 35.5 Å². The third-order valence-electron chi connectivity index (χ3n) is 3.43. The average Bonchev–Trinajstić information content (AvgIpc) is 2.48. The van der Waals surface area contributed by atoms with Crippen LogP contribution in [-0.2, 0) is 9.53 Å². The smallest absolute Gasteiger partial charge is 0.309 e. The van der Waals surface area contributed by atoms with E-state index in [4.69, 9.17) is 9.47 Å². The first kappa shape index (κ1) is 15.8. The molecule has 3 nitrogen and oxygen atoms in total. The Morgan fingerprint density at radius 2 is 1.85 bits per heavy atom. The predicted molar refractivity (Wildman–Crippen MR) is 84.9 cm³/mol. The molecule has 5 heteroatoms. The van der Waals surface area contributed by atoms with Gasteiger partial charge in [0.05, 0.1) is 5.92 Å². The summed E-state index contributed by atoms with van der Waals surface area (Å²) < 4.78 is 12.7. The number of hydrogen-bond donors (Lipinski definition) is 0. The highest BCUT2D eigenvalue weighted by molar-refractivity contribution is 9.13. The summed E-state index contributed by atoms with van der Waals surface area (Å²) in [6.07, 6.45) is 5.47. The number of carbonyl (C=O) groups excluding carboxylic acids is 1. The van der Waals surface area contributed by atoms with E-state index < -0.39 is 0 Å². The molecule has 2 rings (SSSR count). The Kier molecular flexibility index (Phi) is 6.36. The van der Waals surface area contributed by atoms with Crippen LogP contribution in [0.5, 0.6) is 5.75 Å². The summed E-state index contributed by atoms with van der Waals surface area (Å²) >= 11 is 6.82. The van der Waals surface area contributed by atoms with E-state index in [2.05, 4.69) is 31.9 Å². The van der Waals surface area contributed by atoms with E-state index in [0.29, 0.717) is 13.2 Å². The molecule has 1 saturated carbocycles. The second-order valence-electron chi connectivity index (χ2n) is 4.93. The number of rotatable bonds is 5. The van der Waals surface area contributed by atoms with E-state index in [1.807, 2.05) is 18.2 Å². The fraction of sp³-hybridized carbons (Fsp3) is 0.533. The highest BCUT2D eigenvalue weighted by atomic mass is 79.9. The maximum Gasteiger partial charge on any atom is 0.309 e. The molecule has 1 aromatic rings. The molecule has 1 aliphatic rings. The van der Waals surface area contributed by atoms with E-state index >= 15 is 0 Å². The summed E-state index contributed by atoms with van der Waals surface area (Å²) in [5, 5.41) is 0. The molecule has 0 aliphatic heterocycles. The number of carbonyl (C=O) groups is 1. The first-order valence-electron chi connectivity index (χ1n) is 6.91. The van der Waals surface area contributed by atoms with Crippen LogP contribution in [0.3, 0.4) is 0 Å². The molecule has 1 fully saturated rings. The molecule has 0 spiro atoms. The van der Waals surface area contributed by atoms with Crippen molar-refractivity contribution in [1.82, 2.24) is 0 Å². The van der Waals surface area contributed by atoms with Crippen LogP contribution in [0.25, 0.3) is 0 Å². The summed E-state index contributed by atoms with van der Waals surface area (Å²) in [5.41, 5.74) is 0. The largest absolute Gasteiger partial charge is 0.490 e. The minimum Gasteiger partial charge on any atom is -0.490 e. The highest BCUT2D eigenvalue weighted by Gasteiger charge is 2.22. The van der Waals surface area contributed by atoms with Gasteiger partial charge in [0.1, 0.15) is 19.0 Å². The van der Waals surface area contributed by atoms with Gasteiger partial charge in [0, 0.05) is 8.95 Å². The Bertz CT molecular complexity index is 456. The number of halogens is 2. The van der Waals surface area contributed by atoms with Gasteiger partial charge in [-0.3, -0.25) is 4.79 Å². The first-order chi connectivity index (χ1) is 9.66. The lowest BCUT2D eigenvalue weighted by Gasteiger charge is -2.19. The SMILES string of the molecule is O=C(OCCOc1ccc(Br)c(Br)c1)C1CCCCC1. The lowest BCUT2D eigenvalue weighted by Crippen LogP contribution is -2.22. The zero-order chi connectivity index (χ0) is 14.4. The molecule has 0 amide bonds. The molecule has 0 heterocycles. The summed E-state index contributed by atoms with van der Waals surface area (Å²) in [4.78, 5) is 11.8. The first-order valence-corrected chi connectivity index (χ1v) is 8.50. The Morgan fingerprint density at radius 3 is 2.55 bits per heavy atom. The molecule has 0 N–H and O–H groups in total. The van der Waals surface area contributed by atoms with Crippen LogP contribution in [0.2, 0.25) is 0 Å². The molecule has 0 bridgehead atoms. The average molecular weight is 406 g/mol. The van der Waals surface area contributed by atoms with Gasteiger partial charge in [0.2, 0.25) is 0 Å². The minimum absolute atomic E-state index is 0.0645. The molecule has 1 aliphatic carbocycles. The Hall–Kier alpha value is -0.550. The fourth-order valence-corrected chi connectivity index (χ4v) is 2.93. The van der Waals surface area contributed by atoms with E-state index in [9.17, 15) is 4.79 Å². The second-order valence-corrected chi connectivity index (χ2v) is 6.64. The molecule has 0 saturated heterocycles. The van der Waals surface area contributed by atoms with Gasteiger partial charge in [-0.05, 0) is 62.9 Å². The van der Waals surface area contributed by atoms with Crippen LogP contribution in [0, 0.1) is 5.92 Å². The third-order valence-corrected chi connectivity index (χ3v) is 5.31. The van der Waals surface area contributed by atoms with Gasteiger partial charge in [0.25, 0.3) is 0 Å². The van der Waals surface area contributed by atoms with Gasteiger partial charge in [-0.15, -0.1) is 0 Å². The number of ether oxygens (including phenoxy) is 2. The molecule has 0 radical (unpaired) electrons. The molecule has 110 valence electrons. The molecule has 1 aromatic carbocycles. The quantitative estimate of drug-likeness (QED) is 0.525. The van der Waals surface area contributed by atoms with Crippen molar-refractivity contribution in [2.75, 3.05) is 13.2 Å². The molecule has 0 atom stereocenters. The maximum atomic E-state index is 11.8. The van der Waals surface area contributed by atoms with Crippen molar-refractivity contribution >= 4 is 37.8 Å². The van der Waals surface area contributed by atoms with Crippen molar-refractivity contribution in [1.29, 1.82) is 0 Å². The minimum atomic E-state index is -0.0645. The van der Waals surface area contributed by atoms with Gasteiger partial charge < -0.3 is 9.47 Å². The van der Waals surface area contributed by atoms with Crippen molar-refractivity contribution in [3.63, 3.8) is 0 Å². The zero-order valence-electron chi connectivity index (χ0n) is 11.2. The monoisotopic (exact) mass is 404 g/mol. The van der Waals surface area contributed by atoms with Crippen molar-refractivity contribution in [2.45, 2.75) is 32.1 Å². The highest BCUT2D eigenvalue weighted by Crippen LogP contribution is 2.27. The van der Waals surface area contributed by atoms with Gasteiger partial charge in [-0.2, -0.15) is 0 Å². The van der Waals surface area contributed by atoms with Crippen LogP contribution in [-0.4, -0.2) is 19.2 Å². The number of hydrogen-bond acceptors (Lipinski definition) is 3. The predicted octanol–water partition coefficient (Wildman–Crippen LogP) is 4.71. The zero-order valence-corrected chi connectivity index (χ0v) is 14.4. The van der Waals surface area contributed by atoms with Crippen LogP contribution >= 0.6 is 31.9 Å². The fourth-order valence-electron chi connectivity index (χ4n) is 2.32. The lowest BCUT2D eigenvalue weighted by atomic mass is 9.89. The van der Waals surface area contributed by atoms with Gasteiger partial charge in [-0.1, -0.05) is 19.3 Å². The van der Waals surface area contributed by atoms with E-state index in [0.717, 1.165) is 40.4 Å². The van der Waals surface area contributed by atoms with E-state index in [1.54, 1.807) is 0 Å². The van der Waals surface area contributed by atoms with Gasteiger partial charge >= 0.3 is 5.97 Å². The maximum absolute atomic E-state index is 11.8. The third kappa shape index (κ3) is 4.77. The Labute approximate surface area is 136 Å². The van der Waals surface area contributed by atoms with Crippen molar-refractivity contribution < 1.29 is 14.3 Å². The van der Waals surface area contributed by atoms with Gasteiger partial charge in [0.15, 0.2) is 0 Å². The van der Waals surface area contributed by atoms with Crippen molar-refractivity contribution in [3.8, 4) is 5.75 Å². The van der Waals surface area contributed by atoms with E-state index in [-0.39, 0.29) is 11.9 Å². The Morgan fingerprint density at radius 1 is 1.10 bits per heavy atom. The summed E-state index contributed by atoms with van der Waals surface area (Å²) in [7, 11) is 0. The molecule has 20 heavy (non-hydrogen) atoms. The standard InChI is InChI=1S/C15H18Br2O3/c16-13-7-6-12(10-14(13)17)19-8-9-20-15(18)11-4-2-1-3-5-11/h6-7,10-11H,1-5,8-9H2. The van der Waals surface area contributed by atoms with Crippen LogP contribution < -0.4 is 4.74 Å². The number of benzene rings is 1. The number of esters is 1. The summed E-state index contributed by atoms with van der Waals surface area (Å²) in [6, 6.07) is 5.66. The normalized spacial score (nSPS) is 15.9. The molecular weight excluding hydrogens is 388 g/mol. The summed E-state index contributed by atoms with van der Waals surface area (Å²) in [5.74, 6) is 0.796. The molecule has 0 aromatic heterocycles. The van der Waals surface area contributed by atoms with Crippen molar-refractivity contribution in [3.05, 3.63) is 27.1 Å². The van der Waals surface area contributed by atoms with Crippen LogP contribution in [0.1, 0.15) is 32.1 Å².